The summed E-state index contributed by atoms with van der Waals surface area (Å²) >= 11 is 0. The van der Waals surface area contributed by atoms with Gasteiger partial charge in [0.2, 0.25) is 5.91 Å². The van der Waals surface area contributed by atoms with Crippen LogP contribution >= 0.6 is 0 Å². The fourth-order valence-electron chi connectivity index (χ4n) is 4.34. The van der Waals surface area contributed by atoms with Gasteiger partial charge in [0.05, 0.1) is 0 Å². The number of likely N-dealkylation sites (tertiary alicyclic amines) is 2. The standard InChI is InChI=1S/C18H34N4O/c1-19-7-3-16(4-8-19)15-18(23)22-13-11-21(12-14-22)17-5-9-20(2)10-6-17/h16-17H,3-15H2,1-2H3. The second kappa shape index (κ2) is 7.95. The molecule has 132 valence electrons. The van der Waals surface area contributed by atoms with Crippen LogP contribution in [-0.4, -0.2) is 98.0 Å². The number of piperidine rings is 2. The summed E-state index contributed by atoms with van der Waals surface area (Å²) < 4.78 is 0. The minimum Gasteiger partial charge on any atom is -0.340 e. The highest BCUT2D eigenvalue weighted by Gasteiger charge is 2.29. The van der Waals surface area contributed by atoms with E-state index in [1.54, 1.807) is 0 Å². The second-order valence-corrected chi connectivity index (χ2v) is 7.90. The predicted molar refractivity (Wildman–Crippen MR) is 93.5 cm³/mol. The van der Waals surface area contributed by atoms with E-state index in [-0.39, 0.29) is 0 Å². The maximum absolute atomic E-state index is 12.6. The van der Waals surface area contributed by atoms with E-state index in [2.05, 4.69) is 33.7 Å². The first-order valence-corrected chi connectivity index (χ1v) is 9.50. The number of piperazine rings is 1. The van der Waals surface area contributed by atoms with Gasteiger partial charge in [-0.05, 0) is 71.9 Å². The minimum absolute atomic E-state index is 0.405. The van der Waals surface area contributed by atoms with Crippen LogP contribution in [0.4, 0.5) is 0 Å². The average molecular weight is 322 g/mol. The molecule has 5 nitrogen and oxygen atoms in total. The van der Waals surface area contributed by atoms with E-state index in [0.717, 1.165) is 51.7 Å². The first-order valence-electron chi connectivity index (χ1n) is 9.50. The number of nitrogens with zero attached hydrogens (tertiary/aromatic N) is 4. The molecule has 23 heavy (non-hydrogen) atoms. The van der Waals surface area contributed by atoms with Gasteiger partial charge >= 0.3 is 0 Å². The molecule has 3 saturated heterocycles. The highest BCUT2D eigenvalue weighted by Crippen LogP contribution is 2.22. The van der Waals surface area contributed by atoms with E-state index in [0.29, 0.717) is 11.8 Å². The molecular weight excluding hydrogens is 288 g/mol. The zero-order valence-corrected chi connectivity index (χ0v) is 15.0. The van der Waals surface area contributed by atoms with Gasteiger partial charge < -0.3 is 14.7 Å². The average Bonchev–Trinajstić information content (AvgIpc) is 2.58. The lowest BCUT2D eigenvalue weighted by Gasteiger charge is -2.42. The lowest BCUT2D eigenvalue weighted by molar-refractivity contribution is -0.134. The van der Waals surface area contributed by atoms with Crippen LogP contribution in [0.1, 0.15) is 32.1 Å². The summed E-state index contributed by atoms with van der Waals surface area (Å²) in [5.41, 5.74) is 0. The molecule has 5 heteroatoms. The van der Waals surface area contributed by atoms with Crippen molar-refractivity contribution in [3.63, 3.8) is 0 Å². The van der Waals surface area contributed by atoms with Crippen molar-refractivity contribution in [2.24, 2.45) is 5.92 Å². The zero-order chi connectivity index (χ0) is 16.2. The molecule has 1 amide bonds. The molecule has 3 aliphatic rings. The van der Waals surface area contributed by atoms with Gasteiger partial charge in [0.25, 0.3) is 0 Å². The van der Waals surface area contributed by atoms with Crippen molar-refractivity contribution < 1.29 is 4.79 Å². The Bertz CT molecular complexity index is 378. The fourth-order valence-corrected chi connectivity index (χ4v) is 4.34. The lowest BCUT2D eigenvalue weighted by Crippen LogP contribution is -2.54. The molecule has 3 aliphatic heterocycles. The molecule has 0 bridgehead atoms. The van der Waals surface area contributed by atoms with Crippen molar-refractivity contribution in [1.29, 1.82) is 0 Å². The van der Waals surface area contributed by atoms with Crippen LogP contribution in [-0.2, 0) is 4.79 Å². The predicted octanol–water partition coefficient (Wildman–Crippen LogP) is 0.957. The van der Waals surface area contributed by atoms with Gasteiger partial charge in [-0.2, -0.15) is 0 Å². The molecule has 0 aromatic rings. The molecule has 0 N–H and O–H groups in total. The monoisotopic (exact) mass is 322 g/mol. The maximum atomic E-state index is 12.6. The molecule has 0 radical (unpaired) electrons. The summed E-state index contributed by atoms with van der Waals surface area (Å²) in [5.74, 6) is 1.02. The first-order chi connectivity index (χ1) is 11.1. The van der Waals surface area contributed by atoms with Crippen LogP contribution in [0.5, 0.6) is 0 Å². The van der Waals surface area contributed by atoms with E-state index < -0.39 is 0 Å². The number of carbonyl (C=O) groups is 1. The lowest BCUT2D eigenvalue weighted by atomic mass is 9.93. The molecular formula is C18H34N4O. The van der Waals surface area contributed by atoms with E-state index in [9.17, 15) is 4.79 Å². The van der Waals surface area contributed by atoms with Crippen molar-refractivity contribution in [3.05, 3.63) is 0 Å². The van der Waals surface area contributed by atoms with Crippen LogP contribution < -0.4 is 0 Å². The third kappa shape index (κ3) is 4.68. The molecule has 0 aromatic heterocycles. The van der Waals surface area contributed by atoms with Gasteiger partial charge in [0.1, 0.15) is 0 Å². The van der Waals surface area contributed by atoms with Crippen LogP contribution in [0.15, 0.2) is 0 Å². The third-order valence-corrected chi connectivity index (χ3v) is 6.17. The quantitative estimate of drug-likeness (QED) is 0.774. The Morgan fingerprint density at radius 2 is 1.30 bits per heavy atom. The summed E-state index contributed by atoms with van der Waals surface area (Å²) in [6, 6.07) is 0.748. The van der Waals surface area contributed by atoms with Gasteiger partial charge in [-0.25, -0.2) is 0 Å². The van der Waals surface area contributed by atoms with Crippen LogP contribution in [0.2, 0.25) is 0 Å². The summed E-state index contributed by atoms with van der Waals surface area (Å²) in [7, 11) is 4.40. The number of hydrogen-bond donors (Lipinski definition) is 0. The Labute approximate surface area is 141 Å². The molecule has 0 unspecified atom stereocenters. The van der Waals surface area contributed by atoms with E-state index in [4.69, 9.17) is 0 Å². The van der Waals surface area contributed by atoms with Crippen LogP contribution in [0, 0.1) is 5.92 Å². The van der Waals surface area contributed by atoms with Crippen molar-refractivity contribution in [1.82, 2.24) is 19.6 Å². The second-order valence-electron chi connectivity index (χ2n) is 7.90. The van der Waals surface area contributed by atoms with Gasteiger partial charge in [-0.3, -0.25) is 9.69 Å². The van der Waals surface area contributed by atoms with Crippen molar-refractivity contribution in [2.75, 3.05) is 66.5 Å². The maximum Gasteiger partial charge on any atom is 0.222 e. The largest absolute Gasteiger partial charge is 0.340 e. The van der Waals surface area contributed by atoms with Crippen LogP contribution in [0.3, 0.4) is 0 Å². The van der Waals surface area contributed by atoms with E-state index in [1.807, 2.05) is 0 Å². The van der Waals surface area contributed by atoms with Crippen molar-refractivity contribution in [2.45, 2.75) is 38.1 Å². The molecule has 3 rings (SSSR count). The third-order valence-electron chi connectivity index (χ3n) is 6.17. The highest BCUT2D eigenvalue weighted by molar-refractivity contribution is 5.76. The molecule has 0 aliphatic carbocycles. The Morgan fingerprint density at radius 1 is 0.783 bits per heavy atom. The van der Waals surface area contributed by atoms with Gasteiger partial charge in [-0.15, -0.1) is 0 Å². The fraction of sp³-hybridized carbons (Fsp3) is 0.944. The van der Waals surface area contributed by atoms with Crippen molar-refractivity contribution in [3.8, 4) is 0 Å². The first kappa shape index (κ1) is 17.2. The summed E-state index contributed by atoms with van der Waals surface area (Å²) in [5, 5.41) is 0. The number of amides is 1. The Morgan fingerprint density at radius 3 is 1.87 bits per heavy atom. The number of carbonyl (C=O) groups excluding carboxylic acids is 1. The van der Waals surface area contributed by atoms with Gasteiger partial charge in [0, 0.05) is 38.6 Å². The smallest absolute Gasteiger partial charge is 0.222 e. The summed E-state index contributed by atoms with van der Waals surface area (Å²) in [6.07, 6.45) is 5.75. The molecule has 0 aromatic carbocycles. The van der Waals surface area contributed by atoms with Crippen molar-refractivity contribution >= 4 is 5.91 Å². The molecule has 0 spiro atoms. The zero-order valence-electron chi connectivity index (χ0n) is 15.0. The Balaban J connectivity index is 1.39. The van der Waals surface area contributed by atoms with Crippen LogP contribution in [0.25, 0.3) is 0 Å². The molecule has 0 saturated carbocycles. The summed E-state index contributed by atoms with van der Waals surface area (Å²) in [4.78, 5) is 22.1. The van der Waals surface area contributed by atoms with E-state index >= 15 is 0 Å². The highest BCUT2D eigenvalue weighted by atomic mass is 16.2. The van der Waals surface area contributed by atoms with E-state index in [1.165, 1.54) is 38.8 Å². The Hall–Kier alpha value is -0.650. The SMILES string of the molecule is CN1CCC(CC(=O)N2CCN(C3CCN(C)CC3)CC2)CC1. The topological polar surface area (TPSA) is 30.0 Å². The molecule has 3 heterocycles. The number of hydrogen-bond acceptors (Lipinski definition) is 4. The summed E-state index contributed by atoms with van der Waals surface area (Å²) in [6.45, 7) is 8.79. The molecule has 0 atom stereocenters. The minimum atomic E-state index is 0.405. The normalized spacial score (nSPS) is 27.5. The Kier molecular flexibility index (Phi) is 5.94. The van der Waals surface area contributed by atoms with Gasteiger partial charge in [0.15, 0.2) is 0 Å². The molecule has 3 fully saturated rings. The van der Waals surface area contributed by atoms with Gasteiger partial charge in [-0.1, -0.05) is 0 Å². The number of rotatable bonds is 3.